The Bertz CT molecular complexity index is 1980. The van der Waals surface area contributed by atoms with Gasteiger partial charge in [0.1, 0.15) is 0 Å². The highest BCUT2D eigenvalue weighted by atomic mass is 14.3. The minimum atomic E-state index is 0.0886. The second-order valence-corrected chi connectivity index (χ2v) is 13.4. The van der Waals surface area contributed by atoms with Crippen LogP contribution >= 0.6 is 0 Å². The quantitative estimate of drug-likeness (QED) is 0.219. The number of benzene rings is 5. The van der Waals surface area contributed by atoms with E-state index in [1.165, 1.54) is 75.8 Å². The molecule has 40 heavy (non-hydrogen) atoms. The Labute approximate surface area is 237 Å². The van der Waals surface area contributed by atoms with Gasteiger partial charge in [0.05, 0.1) is 0 Å². The zero-order valence-corrected chi connectivity index (χ0v) is 24.4. The topological polar surface area (TPSA) is 0 Å². The molecule has 0 atom stereocenters. The van der Waals surface area contributed by atoms with Crippen molar-refractivity contribution in [1.82, 2.24) is 0 Å². The lowest BCUT2D eigenvalue weighted by Gasteiger charge is -2.19. The summed E-state index contributed by atoms with van der Waals surface area (Å²) in [6.45, 7) is 13.8. The molecule has 0 saturated heterocycles. The second-order valence-electron chi connectivity index (χ2n) is 13.4. The van der Waals surface area contributed by atoms with Crippen molar-refractivity contribution in [1.29, 1.82) is 0 Å². The first-order chi connectivity index (χ1) is 19.1. The van der Waals surface area contributed by atoms with Crippen LogP contribution in [0.1, 0.15) is 74.9 Å². The van der Waals surface area contributed by atoms with Gasteiger partial charge in [0.2, 0.25) is 0 Å². The molecule has 0 radical (unpaired) electrons. The van der Waals surface area contributed by atoms with Crippen molar-refractivity contribution in [3.8, 4) is 0 Å². The van der Waals surface area contributed by atoms with Crippen molar-refractivity contribution >= 4 is 11.1 Å². The molecule has 0 aliphatic heterocycles. The average Bonchev–Trinajstić information content (AvgIpc) is 3.43. The summed E-state index contributed by atoms with van der Waals surface area (Å²) in [7, 11) is 0. The van der Waals surface area contributed by atoms with Gasteiger partial charge in [-0.15, -0.1) is 0 Å². The van der Waals surface area contributed by atoms with Crippen molar-refractivity contribution in [2.45, 2.75) is 52.4 Å². The van der Waals surface area contributed by atoms with E-state index in [1.807, 2.05) is 0 Å². The molecule has 5 aromatic carbocycles. The maximum atomic E-state index is 2.48. The summed E-state index contributed by atoms with van der Waals surface area (Å²) in [6, 6.07) is 41.1. The van der Waals surface area contributed by atoms with E-state index in [1.54, 1.807) is 0 Å². The van der Waals surface area contributed by atoms with Crippen LogP contribution in [0.3, 0.4) is 0 Å². The molecule has 0 spiro atoms. The molecule has 0 fully saturated rings. The van der Waals surface area contributed by atoms with Crippen molar-refractivity contribution < 1.29 is 0 Å². The third-order valence-corrected chi connectivity index (χ3v) is 8.71. The highest BCUT2D eigenvalue weighted by Crippen LogP contribution is 2.34. The lowest BCUT2D eigenvalue weighted by Crippen LogP contribution is -2.16. The van der Waals surface area contributed by atoms with Gasteiger partial charge >= 0.3 is 0 Å². The van der Waals surface area contributed by atoms with Gasteiger partial charge in [-0.2, -0.15) is 0 Å². The van der Waals surface area contributed by atoms with Crippen LogP contribution < -0.4 is 10.4 Å². The third kappa shape index (κ3) is 3.81. The third-order valence-electron chi connectivity index (χ3n) is 8.71. The van der Waals surface area contributed by atoms with Crippen LogP contribution in [0.25, 0.3) is 11.1 Å². The zero-order chi connectivity index (χ0) is 27.8. The van der Waals surface area contributed by atoms with Crippen LogP contribution in [-0.4, -0.2) is 0 Å². The van der Waals surface area contributed by atoms with Gasteiger partial charge in [-0.05, 0) is 111 Å². The number of hydrogen-bond donors (Lipinski definition) is 0. The summed E-state index contributed by atoms with van der Waals surface area (Å²) in [4.78, 5) is 0. The summed E-state index contributed by atoms with van der Waals surface area (Å²) in [5.41, 5.74) is 10.9. The molecule has 0 unspecified atom stereocenters. The first-order valence-electron chi connectivity index (χ1n) is 14.5. The molecule has 0 bridgehead atoms. The van der Waals surface area contributed by atoms with Crippen molar-refractivity contribution in [3.05, 3.63) is 174 Å². The highest BCUT2D eigenvalue weighted by Gasteiger charge is 2.23. The molecule has 2 aliphatic carbocycles. The molecule has 0 amide bonds. The number of hydrogen-bond acceptors (Lipinski definition) is 0. The van der Waals surface area contributed by atoms with Crippen LogP contribution in [0.5, 0.6) is 0 Å². The predicted molar refractivity (Wildman–Crippen MR) is 167 cm³/mol. The summed E-state index contributed by atoms with van der Waals surface area (Å²) >= 11 is 0. The van der Waals surface area contributed by atoms with Crippen LogP contribution in [-0.2, 0) is 10.8 Å². The summed E-state index contributed by atoms with van der Waals surface area (Å²) in [6.07, 6.45) is 0. The molecule has 0 heteroatoms. The fraction of sp³-hybridized carbons (Fsp3) is 0.200. The molecule has 0 nitrogen and oxygen atoms in total. The Balaban J connectivity index is 1.64. The fourth-order valence-electron chi connectivity index (χ4n) is 6.49. The summed E-state index contributed by atoms with van der Waals surface area (Å²) in [5, 5.41) is 8.05. The van der Waals surface area contributed by atoms with E-state index < -0.39 is 0 Å². The van der Waals surface area contributed by atoms with E-state index >= 15 is 0 Å². The first kappa shape index (κ1) is 24.9. The maximum absolute atomic E-state index is 2.48. The van der Waals surface area contributed by atoms with Crippen molar-refractivity contribution in [2.75, 3.05) is 0 Å². The number of fused-ring (bicyclic) bond motifs is 4. The number of rotatable bonds is 2. The van der Waals surface area contributed by atoms with Crippen LogP contribution in [0.15, 0.2) is 109 Å². The van der Waals surface area contributed by atoms with Gasteiger partial charge in [0, 0.05) is 0 Å². The Morgan fingerprint density at radius 2 is 0.725 bits per heavy atom. The Kier molecular flexibility index (Phi) is 5.39. The minimum absolute atomic E-state index is 0.0886. The monoisotopic (exact) mass is 516 g/mol. The Hall–Kier alpha value is -4.16. The van der Waals surface area contributed by atoms with Gasteiger partial charge in [0.25, 0.3) is 0 Å². The summed E-state index contributed by atoms with van der Waals surface area (Å²) in [5.74, 6) is 0. The van der Waals surface area contributed by atoms with E-state index in [-0.39, 0.29) is 10.8 Å². The normalized spacial score (nSPS) is 13.7. The molecular formula is C40H36. The average molecular weight is 517 g/mol. The van der Waals surface area contributed by atoms with Crippen molar-refractivity contribution in [3.63, 3.8) is 0 Å². The molecule has 0 saturated carbocycles. The SMILES string of the molecule is CC(C)(C)c1ccc2c(c1)=C(c1ccccc1)c1cc3c(cc1=2)C(c1ccccc1)=c1cc(C(C)(C)C)ccc1=3. The van der Waals surface area contributed by atoms with Crippen molar-refractivity contribution in [2.24, 2.45) is 0 Å². The predicted octanol–water partition coefficient (Wildman–Crippen LogP) is 7.98. The van der Waals surface area contributed by atoms with Crippen LogP contribution in [0.2, 0.25) is 0 Å². The fourth-order valence-corrected chi connectivity index (χ4v) is 6.49. The molecule has 7 rings (SSSR count). The van der Waals surface area contributed by atoms with Crippen LogP contribution in [0.4, 0.5) is 0 Å². The van der Waals surface area contributed by atoms with Gasteiger partial charge in [0.15, 0.2) is 0 Å². The Morgan fingerprint density at radius 3 is 1.07 bits per heavy atom. The van der Waals surface area contributed by atoms with Gasteiger partial charge < -0.3 is 0 Å². The molecule has 0 heterocycles. The lowest BCUT2D eigenvalue weighted by molar-refractivity contribution is 0.589. The minimum Gasteiger partial charge on any atom is -0.0622 e. The molecule has 5 aromatic rings. The molecule has 0 N–H and O–H groups in total. The zero-order valence-electron chi connectivity index (χ0n) is 24.4. The molecule has 0 aromatic heterocycles. The smallest absolute Gasteiger partial charge is 0.00261 e. The van der Waals surface area contributed by atoms with E-state index in [0.717, 1.165) is 0 Å². The van der Waals surface area contributed by atoms with E-state index in [2.05, 4.69) is 151 Å². The molecule has 196 valence electrons. The molecular weight excluding hydrogens is 480 g/mol. The van der Waals surface area contributed by atoms with Gasteiger partial charge in [-0.3, -0.25) is 0 Å². The van der Waals surface area contributed by atoms with E-state index in [0.29, 0.717) is 0 Å². The largest absolute Gasteiger partial charge is 0.0622 e. The van der Waals surface area contributed by atoms with Gasteiger partial charge in [-0.25, -0.2) is 0 Å². The highest BCUT2D eigenvalue weighted by molar-refractivity contribution is 5.87. The standard InChI is InChI=1S/C40H36/c1-39(2,3)27-17-19-29-31-23-36-32(24-35(31)37(33(29)21-27)25-13-9-7-10-14-25)30-20-18-28(40(4,5)6)22-34(30)38(36)26-15-11-8-12-16-26/h7-24H,1-6H3. The second kappa shape index (κ2) is 8.67. The Morgan fingerprint density at radius 1 is 0.350 bits per heavy atom. The molecule has 2 aliphatic rings. The summed E-state index contributed by atoms with van der Waals surface area (Å²) < 4.78 is 0. The lowest BCUT2D eigenvalue weighted by atomic mass is 9.86. The van der Waals surface area contributed by atoms with Gasteiger partial charge in [-0.1, -0.05) is 126 Å². The van der Waals surface area contributed by atoms with Crippen LogP contribution in [0, 0.1) is 20.9 Å². The van der Waals surface area contributed by atoms with E-state index in [9.17, 15) is 0 Å². The first-order valence-corrected chi connectivity index (χ1v) is 14.5. The van der Waals surface area contributed by atoms with E-state index in [4.69, 9.17) is 0 Å². The maximum Gasteiger partial charge on any atom is -0.00261 e.